The summed E-state index contributed by atoms with van der Waals surface area (Å²) in [6.07, 6.45) is 0. The molecule has 2 aromatic rings. The predicted octanol–water partition coefficient (Wildman–Crippen LogP) is 2.74. The number of ether oxygens (including phenoxy) is 1. The Bertz CT molecular complexity index is 708. The van der Waals surface area contributed by atoms with Crippen molar-refractivity contribution in [1.82, 2.24) is 4.98 Å². The van der Waals surface area contributed by atoms with Crippen LogP contribution in [-0.2, 0) is 0 Å². The molecule has 1 aromatic carbocycles. The number of nitrogens with zero attached hydrogens (tertiary/aromatic N) is 1. The summed E-state index contributed by atoms with van der Waals surface area (Å²) in [6.45, 7) is 6.44. The minimum Gasteiger partial charge on any atom is -0.493 e. The maximum atomic E-state index is 12.2. The molecule has 0 saturated carbocycles. The van der Waals surface area contributed by atoms with Crippen LogP contribution in [0.3, 0.4) is 0 Å². The van der Waals surface area contributed by atoms with Crippen LogP contribution >= 0.6 is 0 Å². The van der Waals surface area contributed by atoms with Gasteiger partial charge in [-0.05, 0) is 31.0 Å². The van der Waals surface area contributed by atoms with Crippen LogP contribution in [0, 0.1) is 24.2 Å². The zero-order chi connectivity index (χ0) is 14.0. The van der Waals surface area contributed by atoms with Crippen LogP contribution in [0.1, 0.15) is 25.1 Å². The van der Waals surface area contributed by atoms with Crippen molar-refractivity contribution in [1.29, 1.82) is 5.26 Å². The molecule has 0 atom stereocenters. The quantitative estimate of drug-likeness (QED) is 0.918. The minimum absolute atomic E-state index is 0.161. The predicted molar refractivity (Wildman–Crippen MR) is 74.4 cm³/mol. The van der Waals surface area contributed by atoms with Crippen LogP contribution in [0.15, 0.2) is 23.0 Å². The summed E-state index contributed by atoms with van der Waals surface area (Å²) >= 11 is 0. The topological polar surface area (TPSA) is 65.9 Å². The molecule has 0 unspecified atom stereocenters. The summed E-state index contributed by atoms with van der Waals surface area (Å²) in [5, 5.41) is 9.49. The summed E-state index contributed by atoms with van der Waals surface area (Å²) in [6, 6.07) is 7.26. The van der Waals surface area contributed by atoms with E-state index in [1.165, 1.54) is 0 Å². The molecule has 2 rings (SSSR count). The van der Waals surface area contributed by atoms with Gasteiger partial charge in [-0.1, -0.05) is 13.8 Å². The van der Waals surface area contributed by atoms with Gasteiger partial charge in [-0.25, -0.2) is 0 Å². The molecule has 19 heavy (non-hydrogen) atoms. The third-order valence-electron chi connectivity index (χ3n) is 2.86. The number of aryl methyl sites for hydroxylation is 1. The lowest BCUT2D eigenvalue weighted by atomic mass is 10.1. The lowest BCUT2D eigenvalue weighted by Crippen LogP contribution is -2.11. The minimum atomic E-state index is -0.247. The molecule has 0 bridgehead atoms. The number of aromatic amines is 1. The molecule has 1 N–H and O–H groups in total. The van der Waals surface area contributed by atoms with Gasteiger partial charge >= 0.3 is 0 Å². The molecule has 0 spiro atoms. The standard InChI is InChI=1S/C15H16N2O2/c1-9(2)8-19-11-4-5-14-12(6-11)15(18)13(7-16)10(3)17-14/h4-6,9H,8H2,1-3H3,(H,17,18). The maximum absolute atomic E-state index is 12.2. The third kappa shape index (κ3) is 2.60. The second kappa shape index (κ2) is 5.15. The van der Waals surface area contributed by atoms with Gasteiger partial charge < -0.3 is 9.72 Å². The highest BCUT2D eigenvalue weighted by Crippen LogP contribution is 2.19. The van der Waals surface area contributed by atoms with Gasteiger partial charge in [-0.3, -0.25) is 4.79 Å². The largest absolute Gasteiger partial charge is 0.493 e. The van der Waals surface area contributed by atoms with Gasteiger partial charge in [0.2, 0.25) is 5.43 Å². The Balaban J connectivity index is 2.53. The fourth-order valence-corrected chi connectivity index (χ4v) is 1.88. The molecule has 4 heteroatoms. The number of nitriles is 1. The Morgan fingerprint density at radius 1 is 1.42 bits per heavy atom. The van der Waals surface area contributed by atoms with Crippen LogP contribution in [0.2, 0.25) is 0 Å². The van der Waals surface area contributed by atoms with Gasteiger partial charge in [0.1, 0.15) is 17.4 Å². The number of hydrogen-bond donors (Lipinski definition) is 1. The van der Waals surface area contributed by atoms with Crippen LogP contribution < -0.4 is 10.2 Å². The van der Waals surface area contributed by atoms with E-state index >= 15 is 0 Å². The number of fused-ring (bicyclic) bond motifs is 1. The van der Waals surface area contributed by atoms with Crippen molar-refractivity contribution in [2.75, 3.05) is 6.61 Å². The van der Waals surface area contributed by atoms with Crippen LogP contribution in [0.4, 0.5) is 0 Å². The molecule has 4 nitrogen and oxygen atoms in total. The number of pyridine rings is 1. The van der Waals surface area contributed by atoms with E-state index in [4.69, 9.17) is 10.00 Å². The van der Waals surface area contributed by atoms with Crippen LogP contribution in [-0.4, -0.2) is 11.6 Å². The van der Waals surface area contributed by atoms with Crippen molar-refractivity contribution in [3.8, 4) is 11.8 Å². The average Bonchev–Trinajstić information content (AvgIpc) is 2.37. The fourth-order valence-electron chi connectivity index (χ4n) is 1.88. The van der Waals surface area contributed by atoms with E-state index in [9.17, 15) is 4.79 Å². The number of nitrogens with one attached hydrogen (secondary N) is 1. The van der Waals surface area contributed by atoms with Gasteiger partial charge in [0.25, 0.3) is 0 Å². The second-order valence-corrected chi connectivity index (χ2v) is 4.98. The summed E-state index contributed by atoms with van der Waals surface area (Å²) in [7, 11) is 0. The highest BCUT2D eigenvalue weighted by atomic mass is 16.5. The first-order valence-electron chi connectivity index (χ1n) is 6.22. The molecule has 0 amide bonds. The number of H-pyrrole nitrogens is 1. The average molecular weight is 256 g/mol. The normalized spacial score (nSPS) is 10.7. The molecule has 0 saturated heterocycles. The molecule has 0 aliphatic carbocycles. The first-order chi connectivity index (χ1) is 9.02. The Labute approximate surface area is 111 Å². The van der Waals surface area contributed by atoms with Crippen LogP contribution in [0.25, 0.3) is 10.9 Å². The molecule has 0 fully saturated rings. The summed E-state index contributed by atoms with van der Waals surface area (Å²) < 4.78 is 5.60. The van der Waals surface area contributed by atoms with Gasteiger partial charge in [-0.15, -0.1) is 0 Å². The number of rotatable bonds is 3. The van der Waals surface area contributed by atoms with E-state index in [2.05, 4.69) is 18.8 Å². The van der Waals surface area contributed by atoms with Gasteiger partial charge in [-0.2, -0.15) is 5.26 Å². The Hall–Kier alpha value is -2.28. The van der Waals surface area contributed by atoms with Gasteiger partial charge in [0, 0.05) is 11.2 Å². The summed E-state index contributed by atoms with van der Waals surface area (Å²) in [5.41, 5.74) is 1.23. The highest BCUT2D eigenvalue weighted by molar-refractivity contribution is 5.81. The molecular formula is C15H16N2O2. The number of benzene rings is 1. The SMILES string of the molecule is Cc1[nH]c2ccc(OCC(C)C)cc2c(=O)c1C#N. The lowest BCUT2D eigenvalue weighted by molar-refractivity contribution is 0.271. The maximum Gasteiger partial charge on any atom is 0.207 e. The van der Waals surface area contributed by atoms with Crippen LogP contribution in [0.5, 0.6) is 5.75 Å². The molecule has 0 radical (unpaired) electrons. The highest BCUT2D eigenvalue weighted by Gasteiger charge is 2.09. The van der Waals surface area contributed by atoms with Gasteiger partial charge in [0.05, 0.1) is 12.0 Å². The first kappa shape index (κ1) is 13.2. The van der Waals surface area contributed by atoms with Gasteiger partial charge in [0.15, 0.2) is 0 Å². The van der Waals surface area contributed by atoms with E-state index in [1.807, 2.05) is 12.1 Å². The summed E-state index contributed by atoms with van der Waals surface area (Å²) in [4.78, 5) is 15.2. The Morgan fingerprint density at radius 3 is 2.79 bits per heavy atom. The van der Waals surface area contributed by atoms with Crippen molar-refractivity contribution < 1.29 is 4.74 Å². The summed E-state index contributed by atoms with van der Waals surface area (Å²) in [5.74, 6) is 1.07. The third-order valence-corrected chi connectivity index (χ3v) is 2.86. The number of aromatic nitrogens is 1. The van der Waals surface area contributed by atoms with E-state index in [0.717, 1.165) is 5.52 Å². The number of hydrogen-bond acceptors (Lipinski definition) is 3. The first-order valence-corrected chi connectivity index (χ1v) is 6.22. The molecule has 0 aliphatic heterocycles. The molecular weight excluding hydrogens is 240 g/mol. The van der Waals surface area contributed by atoms with Crippen molar-refractivity contribution in [3.63, 3.8) is 0 Å². The zero-order valence-electron chi connectivity index (χ0n) is 11.3. The zero-order valence-corrected chi connectivity index (χ0v) is 11.3. The smallest absolute Gasteiger partial charge is 0.207 e. The molecule has 0 aliphatic rings. The Morgan fingerprint density at radius 2 is 2.16 bits per heavy atom. The van der Waals surface area contributed by atoms with E-state index in [0.29, 0.717) is 29.4 Å². The van der Waals surface area contributed by atoms with Crippen molar-refractivity contribution in [3.05, 3.63) is 39.7 Å². The molecule has 1 aromatic heterocycles. The van der Waals surface area contributed by atoms with Crippen molar-refractivity contribution in [2.45, 2.75) is 20.8 Å². The molecule has 98 valence electrons. The van der Waals surface area contributed by atoms with Crippen molar-refractivity contribution >= 4 is 10.9 Å². The van der Waals surface area contributed by atoms with Crippen molar-refractivity contribution in [2.24, 2.45) is 5.92 Å². The fraction of sp³-hybridized carbons (Fsp3) is 0.333. The monoisotopic (exact) mass is 256 g/mol. The second-order valence-electron chi connectivity index (χ2n) is 4.98. The van der Waals surface area contributed by atoms with E-state index in [1.54, 1.807) is 19.1 Å². The van der Waals surface area contributed by atoms with E-state index < -0.39 is 0 Å². The van der Waals surface area contributed by atoms with E-state index in [-0.39, 0.29) is 11.0 Å². The Kier molecular flexibility index (Phi) is 3.57. The molecule has 1 heterocycles. The lowest BCUT2D eigenvalue weighted by Gasteiger charge is -2.09.